The van der Waals surface area contributed by atoms with E-state index in [4.69, 9.17) is 11.6 Å². The standard InChI is InChI=1S/C28H27ClN4O2S/c1-19-24(14-16-33(2)18-20-13-15-30-27-6-4-3-5-25(20)27)26-17-22(9-12-28(26)31-19)32-36(34,35)23-10-7-21(29)8-11-23/h3-13,15,17,31-32H,14,16,18H2,1-2H3. The molecule has 0 atom stereocenters. The van der Waals surface area contributed by atoms with E-state index in [-0.39, 0.29) is 4.90 Å². The van der Waals surface area contributed by atoms with Gasteiger partial charge in [0.1, 0.15) is 0 Å². The van der Waals surface area contributed by atoms with Crippen molar-refractivity contribution < 1.29 is 8.42 Å². The van der Waals surface area contributed by atoms with Gasteiger partial charge in [-0.15, -0.1) is 0 Å². The average Bonchev–Trinajstić information content (AvgIpc) is 3.17. The quantitative estimate of drug-likeness (QED) is 0.258. The molecule has 0 aliphatic carbocycles. The number of rotatable bonds is 8. The highest BCUT2D eigenvalue weighted by Gasteiger charge is 2.16. The second-order valence-corrected chi connectivity index (χ2v) is 11.1. The minimum Gasteiger partial charge on any atom is -0.358 e. The lowest BCUT2D eigenvalue weighted by atomic mass is 10.1. The van der Waals surface area contributed by atoms with E-state index in [1.54, 1.807) is 18.2 Å². The molecule has 8 heteroatoms. The van der Waals surface area contributed by atoms with E-state index < -0.39 is 10.0 Å². The molecule has 2 aromatic heterocycles. The number of fused-ring (bicyclic) bond motifs is 2. The molecule has 0 fully saturated rings. The molecular weight excluding hydrogens is 492 g/mol. The largest absolute Gasteiger partial charge is 0.358 e. The Hall–Kier alpha value is -3.39. The third kappa shape index (κ3) is 5.09. The number of para-hydroxylation sites is 1. The zero-order valence-corrected chi connectivity index (χ0v) is 21.7. The fourth-order valence-electron chi connectivity index (χ4n) is 4.56. The maximum atomic E-state index is 12.8. The van der Waals surface area contributed by atoms with Crippen molar-refractivity contribution in [3.63, 3.8) is 0 Å². The molecule has 0 amide bonds. The van der Waals surface area contributed by atoms with Gasteiger partial charge in [0, 0.05) is 52.0 Å². The Morgan fingerprint density at radius 2 is 1.78 bits per heavy atom. The molecule has 2 N–H and O–H groups in total. The van der Waals surface area contributed by atoms with E-state index >= 15 is 0 Å². The van der Waals surface area contributed by atoms with Gasteiger partial charge < -0.3 is 9.88 Å². The maximum absolute atomic E-state index is 12.8. The molecule has 3 aromatic carbocycles. The summed E-state index contributed by atoms with van der Waals surface area (Å²) in [6.45, 7) is 3.73. The van der Waals surface area contributed by atoms with Gasteiger partial charge in [0.2, 0.25) is 0 Å². The van der Waals surface area contributed by atoms with Crippen LogP contribution < -0.4 is 4.72 Å². The number of H-pyrrole nitrogens is 1. The number of nitrogens with zero attached hydrogens (tertiary/aromatic N) is 2. The Morgan fingerprint density at radius 3 is 2.58 bits per heavy atom. The van der Waals surface area contributed by atoms with Crippen molar-refractivity contribution in [3.05, 3.63) is 101 Å². The highest BCUT2D eigenvalue weighted by atomic mass is 35.5. The fourth-order valence-corrected chi connectivity index (χ4v) is 5.74. The SMILES string of the molecule is Cc1[nH]c2ccc(NS(=O)(=O)c3ccc(Cl)cc3)cc2c1CCN(C)Cc1ccnc2ccccc12. The first kappa shape index (κ1) is 24.3. The highest BCUT2D eigenvalue weighted by Crippen LogP contribution is 2.28. The zero-order valence-electron chi connectivity index (χ0n) is 20.1. The van der Waals surface area contributed by atoms with E-state index in [0.29, 0.717) is 10.7 Å². The summed E-state index contributed by atoms with van der Waals surface area (Å²) >= 11 is 5.90. The number of nitrogens with one attached hydrogen (secondary N) is 2. The summed E-state index contributed by atoms with van der Waals surface area (Å²) in [7, 11) is -1.60. The molecule has 0 aliphatic heterocycles. The van der Waals surface area contributed by atoms with Crippen LogP contribution in [0.5, 0.6) is 0 Å². The van der Waals surface area contributed by atoms with Crippen LogP contribution in [0.2, 0.25) is 5.02 Å². The summed E-state index contributed by atoms with van der Waals surface area (Å²) in [6.07, 6.45) is 2.70. The van der Waals surface area contributed by atoms with E-state index in [1.165, 1.54) is 28.6 Å². The lowest BCUT2D eigenvalue weighted by Crippen LogP contribution is -2.21. The van der Waals surface area contributed by atoms with Crippen LogP contribution in [0.4, 0.5) is 5.69 Å². The summed E-state index contributed by atoms with van der Waals surface area (Å²) in [5.41, 5.74) is 6.03. The van der Waals surface area contributed by atoms with Gasteiger partial charge in [0.05, 0.1) is 10.4 Å². The lowest BCUT2D eigenvalue weighted by molar-refractivity contribution is 0.332. The van der Waals surface area contributed by atoms with Crippen LogP contribution in [-0.2, 0) is 23.0 Å². The minimum atomic E-state index is -3.72. The summed E-state index contributed by atoms with van der Waals surface area (Å²) in [5.74, 6) is 0. The van der Waals surface area contributed by atoms with E-state index in [0.717, 1.165) is 41.6 Å². The van der Waals surface area contributed by atoms with Crippen molar-refractivity contribution in [3.8, 4) is 0 Å². The Labute approximate surface area is 216 Å². The number of hydrogen-bond acceptors (Lipinski definition) is 4. The van der Waals surface area contributed by atoms with Crippen molar-refractivity contribution in [1.29, 1.82) is 0 Å². The van der Waals surface area contributed by atoms with Gasteiger partial charge in [-0.25, -0.2) is 8.42 Å². The van der Waals surface area contributed by atoms with Crippen LogP contribution in [0.3, 0.4) is 0 Å². The molecule has 184 valence electrons. The minimum absolute atomic E-state index is 0.169. The first-order valence-electron chi connectivity index (χ1n) is 11.7. The predicted octanol–water partition coefficient (Wildman–Crippen LogP) is 6.15. The van der Waals surface area contributed by atoms with Crippen LogP contribution in [0.15, 0.2) is 83.9 Å². The molecule has 0 unspecified atom stereocenters. The van der Waals surface area contributed by atoms with Gasteiger partial charge in [0.25, 0.3) is 10.0 Å². The third-order valence-corrected chi connectivity index (χ3v) is 8.07. The average molecular weight is 519 g/mol. The summed E-state index contributed by atoms with van der Waals surface area (Å²) < 4.78 is 28.4. The van der Waals surface area contributed by atoms with Gasteiger partial charge >= 0.3 is 0 Å². The molecule has 0 radical (unpaired) electrons. The predicted molar refractivity (Wildman–Crippen MR) is 147 cm³/mol. The van der Waals surface area contributed by atoms with Crippen LogP contribution >= 0.6 is 11.6 Å². The van der Waals surface area contributed by atoms with Crippen molar-refractivity contribution in [2.75, 3.05) is 18.3 Å². The number of benzene rings is 3. The molecule has 6 nitrogen and oxygen atoms in total. The third-order valence-electron chi connectivity index (χ3n) is 6.42. The van der Waals surface area contributed by atoms with E-state index in [9.17, 15) is 8.42 Å². The van der Waals surface area contributed by atoms with Crippen molar-refractivity contribution in [2.45, 2.75) is 24.8 Å². The normalized spacial score (nSPS) is 12.0. The molecule has 0 saturated carbocycles. The Balaban J connectivity index is 1.34. The Morgan fingerprint density at radius 1 is 1.00 bits per heavy atom. The van der Waals surface area contributed by atoms with E-state index in [2.05, 4.69) is 45.7 Å². The fraction of sp³-hybridized carbons (Fsp3) is 0.179. The number of sulfonamides is 1. The number of aryl methyl sites for hydroxylation is 1. The van der Waals surface area contributed by atoms with Gasteiger partial charge in [0.15, 0.2) is 0 Å². The topological polar surface area (TPSA) is 78.1 Å². The molecule has 0 bridgehead atoms. The molecule has 36 heavy (non-hydrogen) atoms. The Bertz CT molecular complexity index is 1640. The monoisotopic (exact) mass is 518 g/mol. The molecule has 0 spiro atoms. The number of aromatic amines is 1. The first-order chi connectivity index (χ1) is 17.3. The molecule has 0 saturated heterocycles. The second-order valence-electron chi connectivity index (χ2n) is 9.02. The summed E-state index contributed by atoms with van der Waals surface area (Å²) in [5, 5.41) is 2.68. The number of hydrogen-bond donors (Lipinski definition) is 2. The van der Waals surface area contributed by atoms with Crippen LogP contribution in [0.25, 0.3) is 21.8 Å². The molecular formula is C28H27ClN4O2S. The number of anilines is 1. The van der Waals surface area contributed by atoms with E-state index in [1.807, 2.05) is 36.5 Å². The van der Waals surface area contributed by atoms with Crippen LogP contribution in [0.1, 0.15) is 16.8 Å². The molecule has 2 heterocycles. The summed E-state index contributed by atoms with van der Waals surface area (Å²) in [6, 6.07) is 22.0. The van der Waals surface area contributed by atoms with Crippen molar-refractivity contribution >= 4 is 49.1 Å². The molecule has 5 rings (SSSR count). The maximum Gasteiger partial charge on any atom is 0.261 e. The summed E-state index contributed by atoms with van der Waals surface area (Å²) in [4.78, 5) is 10.4. The smallest absolute Gasteiger partial charge is 0.261 e. The van der Waals surface area contributed by atoms with Gasteiger partial charge in [-0.2, -0.15) is 0 Å². The number of likely N-dealkylation sites (N-methyl/N-ethyl adjacent to an activating group) is 1. The van der Waals surface area contributed by atoms with Gasteiger partial charge in [-0.05, 0) is 86.1 Å². The molecule has 0 aliphatic rings. The first-order valence-corrected chi connectivity index (χ1v) is 13.6. The second kappa shape index (κ2) is 9.93. The number of pyridine rings is 1. The van der Waals surface area contributed by atoms with Crippen LogP contribution in [0, 0.1) is 6.92 Å². The number of aromatic nitrogens is 2. The van der Waals surface area contributed by atoms with Gasteiger partial charge in [-0.3, -0.25) is 9.71 Å². The zero-order chi connectivity index (χ0) is 25.3. The van der Waals surface area contributed by atoms with Crippen LogP contribution in [-0.4, -0.2) is 36.9 Å². The molecule has 5 aromatic rings. The van der Waals surface area contributed by atoms with Crippen molar-refractivity contribution in [2.24, 2.45) is 0 Å². The lowest BCUT2D eigenvalue weighted by Gasteiger charge is -2.18. The number of halogens is 1. The Kier molecular flexibility index (Phi) is 6.71. The van der Waals surface area contributed by atoms with Gasteiger partial charge in [-0.1, -0.05) is 29.8 Å². The van der Waals surface area contributed by atoms with Crippen molar-refractivity contribution in [1.82, 2.24) is 14.9 Å². The highest BCUT2D eigenvalue weighted by molar-refractivity contribution is 7.92.